The summed E-state index contributed by atoms with van der Waals surface area (Å²) < 4.78 is 5.43. The molecule has 2 rings (SSSR count). The molecule has 158 valence electrons. The summed E-state index contributed by atoms with van der Waals surface area (Å²) in [4.78, 5) is 34.2. The summed E-state index contributed by atoms with van der Waals surface area (Å²) in [6.45, 7) is 13.9. The molecule has 1 saturated heterocycles. The van der Waals surface area contributed by atoms with Crippen molar-refractivity contribution < 1.29 is 14.3 Å². The zero-order valence-electron chi connectivity index (χ0n) is 18.4. The van der Waals surface area contributed by atoms with Crippen LogP contribution in [0, 0.1) is 18.8 Å². The first-order chi connectivity index (χ1) is 13.0. The number of amides is 2. The molecule has 1 aromatic rings. The van der Waals surface area contributed by atoms with Gasteiger partial charge in [-0.25, -0.2) is 9.78 Å². The fraction of sp³-hybridized carbons (Fsp3) is 0.762. The number of hydrogen-bond donors (Lipinski definition) is 0. The monoisotopic (exact) mass is 409 g/mol. The van der Waals surface area contributed by atoms with Crippen LogP contribution < -0.4 is 0 Å². The van der Waals surface area contributed by atoms with Crippen molar-refractivity contribution in [3.63, 3.8) is 0 Å². The number of rotatable bonds is 5. The van der Waals surface area contributed by atoms with E-state index in [1.807, 2.05) is 32.6 Å². The molecule has 0 saturated carbocycles. The second-order valence-corrected chi connectivity index (χ2v) is 10.3. The number of hydrogen-bond acceptors (Lipinski definition) is 5. The second kappa shape index (κ2) is 9.25. The van der Waals surface area contributed by atoms with Crippen LogP contribution in [0.15, 0.2) is 0 Å². The first-order valence-electron chi connectivity index (χ1n) is 10.2. The molecule has 1 unspecified atom stereocenters. The maximum absolute atomic E-state index is 13.1. The fourth-order valence-electron chi connectivity index (χ4n) is 3.43. The normalized spacial score (nSPS) is 17.7. The van der Waals surface area contributed by atoms with Crippen LogP contribution in [0.5, 0.6) is 0 Å². The van der Waals surface area contributed by atoms with Crippen molar-refractivity contribution in [1.82, 2.24) is 14.8 Å². The molecule has 1 atom stereocenters. The Morgan fingerprint density at radius 1 is 1.36 bits per heavy atom. The number of aromatic nitrogens is 1. The van der Waals surface area contributed by atoms with Crippen LogP contribution in [-0.4, -0.2) is 59.1 Å². The van der Waals surface area contributed by atoms with E-state index in [2.05, 4.69) is 18.8 Å². The molecule has 6 nitrogen and oxygen atoms in total. The number of likely N-dealkylation sites (tertiary alicyclic amines) is 1. The van der Waals surface area contributed by atoms with Crippen molar-refractivity contribution in [1.29, 1.82) is 0 Å². The van der Waals surface area contributed by atoms with Gasteiger partial charge in [0.25, 0.3) is 5.91 Å². The molecule has 2 amide bonds. The van der Waals surface area contributed by atoms with Crippen LogP contribution in [0.4, 0.5) is 4.79 Å². The number of ether oxygens (including phenoxy) is 1. The van der Waals surface area contributed by atoms with Gasteiger partial charge in [0.2, 0.25) is 0 Å². The van der Waals surface area contributed by atoms with E-state index in [0.29, 0.717) is 19.0 Å². The number of nitrogens with zero attached hydrogens (tertiary/aromatic N) is 3. The SMILES string of the molecule is Cc1nc(CC(C)C)sc1C(=O)N1CCCC(CN(C)C(=O)OC(C)(C)C)C1. The summed E-state index contributed by atoms with van der Waals surface area (Å²) in [6, 6.07) is 0. The molecule has 1 fully saturated rings. The highest BCUT2D eigenvalue weighted by Gasteiger charge is 2.29. The van der Waals surface area contributed by atoms with Gasteiger partial charge in [-0.1, -0.05) is 13.8 Å². The van der Waals surface area contributed by atoms with Gasteiger partial charge in [-0.3, -0.25) is 4.79 Å². The van der Waals surface area contributed by atoms with Crippen molar-refractivity contribution in [2.75, 3.05) is 26.7 Å². The van der Waals surface area contributed by atoms with Gasteiger partial charge in [-0.2, -0.15) is 0 Å². The lowest BCUT2D eigenvalue weighted by atomic mass is 9.97. The number of piperidine rings is 1. The zero-order valence-corrected chi connectivity index (χ0v) is 19.2. The van der Waals surface area contributed by atoms with E-state index in [1.54, 1.807) is 11.9 Å². The van der Waals surface area contributed by atoms with Crippen LogP contribution in [-0.2, 0) is 11.2 Å². The molecule has 1 aromatic heterocycles. The van der Waals surface area contributed by atoms with Gasteiger partial charge in [0.15, 0.2) is 0 Å². The van der Waals surface area contributed by atoms with Gasteiger partial charge in [0.05, 0.1) is 10.7 Å². The van der Waals surface area contributed by atoms with Crippen molar-refractivity contribution in [3.05, 3.63) is 15.6 Å². The number of thiazole rings is 1. The molecular formula is C21H35N3O3S. The van der Waals surface area contributed by atoms with E-state index in [-0.39, 0.29) is 17.9 Å². The third-order valence-electron chi connectivity index (χ3n) is 4.66. The summed E-state index contributed by atoms with van der Waals surface area (Å²) in [5.41, 5.74) is 0.329. The maximum Gasteiger partial charge on any atom is 0.410 e. The lowest BCUT2D eigenvalue weighted by Crippen LogP contribution is -2.45. The molecule has 0 aromatic carbocycles. The van der Waals surface area contributed by atoms with E-state index in [9.17, 15) is 9.59 Å². The molecule has 28 heavy (non-hydrogen) atoms. The zero-order chi connectivity index (χ0) is 21.1. The smallest absolute Gasteiger partial charge is 0.410 e. The molecule has 0 bridgehead atoms. The first kappa shape index (κ1) is 22.7. The van der Waals surface area contributed by atoms with E-state index in [1.165, 1.54) is 11.3 Å². The van der Waals surface area contributed by atoms with E-state index < -0.39 is 5.60 Å². The Balaban J connectivity index is 1.98. The van der Waals surface area contributed by atoms with E-state index >= 15 is 0 Å². The van der Waals surface area contributed by atoms with Crippen LogP contribution in [0.1, 0.15) is 67.8 Å². The highest BCUT2D eigenvalue weighted by atomic mass is 32.1. The largest absolute Gasteiger partial charge is 0.444 e. The van der Waals surface area contributed by atoms with Crippen molar-refractivity contribution in [3.8, 4) is 0 Å². The summed E-state index contributed by atoms with van der Waals surface area (Å²) in [5, 5.41) is 1.04. The van der Waals surface area contributed by atoms with Crippen LogP contribution in [0.2, 0.25) is 0 Å². The summed E-state index contributed by atoms with van der Waals surface area (Å²) in [6.07, 6.45) is 2.56. The van der Waals surface area contributed by atoms with Crippen molar-refractivity contribution >= 4 is 23.3 Å². The average Bonchev–Trinajstić information content (AvgIpc) is 2.92. The number of aryl methyl sites for hydroxylation is 1. The summed E-state index contributed by atoms with van der Waals surface area (Å²) >= 11 is 1.53. The van der Waals surface area contributed by atoms with Gasteiger partial charge in [-0.15, -0.1) is 11.3 Å². The highest BCUT2D eigenvalue weighted by Crippen LogP contribution is 2.25. The van der Waals surface area contributed by atoms with Crippen molar-refractivity contribution in [2.24, 2.45) is 11.8 Å². The lowest BCUT2D eigenvalue weighted by Gasteiger charge is -2.35. The molecule has 0 spiro atoms. The van der Waals surface area contributed by atoms with Gasteiger partial charge in [0.1, 0.15) is 10.5 Å². The summed E-state index contributed by atoms with van der Waals surface area (Å²) in [5.74, 6) is 0.865. The Hall–Kier alpha value is -1.63. The highest BCUT2D eigenvalue weighted by molar-refractivity contribution is 7.13. The standard InChI is InChI=1S/C21H35N3O3S/c1-14(2)11-17-22-15(3)18(28-17)19(25)24-10-8-9-16(13-24)12-23(7)20(26)27-21(4,5)6/h14,16H,8-13H2,1-7H3. The number of carbonyl (C=O) groups excluding carboxylic acids is 2. The molecule has 0 N–H and O–H groups in total. The fourth-order valence-corrected chi connectivity index (χ4v) is 4.68. The Morgan fingerprint density at radius 3 is 2.64 bits per heavy atom. The minimum absolute atomic E-state index is 0.0784. The predicted octanol–water partition coefficient (Wildman–Crippen LogP) is 4.37. The second-order valence-electron chi connectivity index (χ2n) is 9.24. The minimum atomic E-state index is -0.503. The average molecular weight is 410 g/mol. The molecule has 2 heterocycles. The topological polar surface area (TPSA) is 62.7 Å². The third kappa shape index (κ3) is 6.47. The van der Waals surface area contributed by atoms with Crippen LogP contribution in [0.3, 0.4) is 0 Å². The van der Waals surface area contributed by atoms with Gasteiger partial charge >= 0.3 is 6.09 Å². The maximum atomic E-state index is 13.1. The molecule has 7 heteroatoms. The third-order valence-corrected chi connectivity index (χ3v) is 5.83. The van der Waals surface area contributed by atoms with E-state index in [0.717, 1.165) is 41.4 Å². The lowest BCUT2D eigenvalue weighted by molar-refractivity contribution is 0.0244. The molecule has 1 aliphatic rings. The van der Waals surface area contributed by atoms with Crippen LogP contribution in [0.25, 0.3) is 0 Å². The quantitative estimate of drug-likeness (QED) is 0.724. The molecule has 0 radical (unpaired) electrons. The van der Waals surface area contributed by atoms with Crippen LogP contribution >= 0.6 is 11.3 Å². The summed E-state index contributed by atoms with van der Waals surface area (Å²) in [7, 11) is 1.76. The Labute approximate surface area is 173 Å². The van der Waals surface area contributed by atoms with Gasteiger partial charge in [0, 0.05) is 33.1 Å². The van der Waals surface area contributed by atoms with Crippen molar-refractivity contribution in [2.45, 2.75) is 66.4 Å². The minimum Gasteiger partial charge on any atom is -0.444 e. The Bertz CT molecular complexity index is 694. The Morgan fingerprint density at radius 2 is 2.04 bits per heavy atom. The molecule has 1 aliphatic heterocycles. The predicted molar refractivity (Wildman–Crippen MR) is 113 cm³/mol. The van der Waals surface area contributed by atoms with E-state index in [4.69, 9.17) is 4.74 Å². The van der Waals surface area contributed by atoms with Gasteiger partial charge < -0.3 is 14.5 Å². The van der Waals surface area contributed by atoms with Gasteiger partial charge in [-0.05, 0) is 52.4 Å². The first-order valence-corrected chi connectivity index (χ1v) is 11.0. The number of carbonyl (C=O) groups is 2. The molecular weight excluding hydrogens is 374 g/mol. The molecule has 0 aliphatic carbocycles. The Kier molecular flexibility index (Phi) is 7.48.